The van der Waals surface area contributed by atoms with Crippen molar-refractivity contribution in [2.24, 2.45) is 0 Å². The molecule has 0 aliphatic rings. The number of likely N-dealkylation sites (N-methyl/N-ethyl adjacent to an activating group) is 1. The lowest BCUT2D eigenvalue weighted by Crippen LogP contribution is -2.55. The van der Waals surface area contributed by atoms with Crippen molar-refractivity contribution >= 4 is 17.9 Å². The van der Waals surface area contributed by atoms with Crippen molar-refractivity contribution in [3.05, 3.63) is 48.6 Å². The highest BCUT2D eigenvalue weighted by molar-refractivity contribution is 5.70. The van der Waals surface area contributed by atoms with Crippen LogP contribution in [0.4, 0.5) is 0 Å². The Morgan fingerprint density at radius 1 is 0.462 bits per heavy atom. The lowest BCUT2D eigenvalue weighted by Gasteiger charge is -2.34. The first-order valence-electron chi connectivity index (χ1n) is 27.2. The van der Waals surface area contributed by atoms with Gasteiger partial charge in [-0.15, -0.1) is 0 Å². The molecule has 0 aliphatic heterocycles. The second-order valence-corrected chi connectivity index (χ2v) is 19.5. The van der Waals surface area contributed by atoms with Gasteiger partial charge < -0.3 is 28.6 Å². The van der Waals surface area contributed by atoms with E-state index < -0.39 is 18.1 Å². The summed E-state index contributed by atoms with van der Waals surface area (Å²) in [4.78, 5) is 37.1. The molecular weight excluding hydrogens is 811 g/mol. The quantitative estimate of drug-likeness (QED) is 0.0259. The molecule has 0 radical (unpaired) electrons. The standard InChI is InChI=1S/C57H103NO7/c1-6-8-10-12-14-16-18-20-22-24-26-28-30-32-34-36-38-40-42-44-46-48-56(60)65-53(51-63-50-49-54(57(61)62)58(3,4)5)52-64-55(59)47-45-43-41-39-37-35-33-31-29-27-25-23-21-19-17-15-13-11-9-7-2/h14,16,20,22,26,28,32,34,53-54H,6-13,15,17-19,21,23-25,27,29-31,33,35-52H2,1-5H3/b16-14+,22-20+,28-26+,34-32+. The summed E-state index contributed by atoms with van der Waals surface area (Å²) in [5, 5.41) is 11.7. The van der Waals surface area contributed by atoms with E-state index in [4.69, 9.17) is 14.2 Å². The number of carboxylic acid groups (broad SMARTS) is 1. The molecule has 2 atom stereocenters. The third kappa shape index (κ3) is 46.2. The number of ether oxygens (including phenoxy) is 3. The summed E-state index contributed by atoms with van der Waals surface area (Å²) in [7, 11) is 5.41. The average molecular weight is 914 g/mol. The molecule has 0 fully saturated rings. The molecule has 378 valence electrons. The predicted molar refractivity (Wildman–Crippen MR) is 273 cm³/mol. The van der Waals surface area contributed by atoms with E-state index in [2.05, 4.69) is 62.5 Å². The Hall–Kier alpha value is -2.71. The van der Waals surface area contributed by atoms with Crippen molar-refractivity contribution in [3.63, 3.8) is 0 Å². The first kappa shape index (κ1) is 62.3. The molecule has 0 saturated heterocycles. The molecule has 0 spiro atoms. The van der Waals surface area contributed by atoms with Gasteiger partial charge in [0.1, 0.15) is 12.6 Å². The van der Waals surface area contributed by atoms with E-state index in [0.717, 1.165) is 77.0 Å². The summed E-state index contributed by atoms with van der Waals surface area (Å²) in [5.74, 6) is -1.75. The van der Waals surface area contributed by atoms with Crippen LogP contribution < -0.4 is 5.11 Å². The van der Waals surface area contributed by atoms with Crippen LogP contribution in [0, 0.1) is 0 Å². The fraction of sp³-hybridized carbons (Fsp3) is 0.807. The van der Waals surface area contributed by atoms with Crippen molar-refractivity contribution in [1.82, 2.24) is 0 Å². The number of aliphatic carboxylic acids is 1. The smallest absolute Gasteiger partial charge is 0.306 e. The number of hydrogen-bond acceptors (Lipinski definition) is 7. The maximum Gasteiger partial charge on any atom is 0.306 e. The number of esters is 2. The van der Waals surface area contributed by atoms with Gasteiger partial charge in [0.25, 0.3) is 0 Å². The topological polar surface area (TPSA) is 102 Å². The van der Waals surface area contributed by atoms with Crippen molar-refractivity contribution in [2.45, 2.75) is 257 Å². The summed E-state index contributed by atoms with van der Waals surface area (Å²) < 4.78 is 17.3. The van der Waals surface area contributed by atoms with E-state index in [9.17, 15) is 19.5 Å². The number of rotatable bonds is 49. The molecule has 0 bridgehead atoms. The van der Waals surface area contributed by atoms with Crippen LogP contribution in [0.1, 0.15) is 245 Å². The molecule has 0 saturated carbocycles. The summed E-state index contributed by atoms with van der Waals surface area (Å²) in [6, 6.07) is -0.730. The normalized spacial score (nSPS) is 13.2. The van der Waals surface area contributed by atoms with E-state index in [0.29, 0.717) is 12.8 Å². The van der Waals surface area contributed by atoms with E-state index in [1.54, 1.807) is 21.1 Å². The molecule has 0 aromatic heterocycles. The Bertz CT molecular complexity index is 1200. The molecule has 0 aliphatic carbocycles. The van der Waals surface area contributed by atoms with Crippen molar-refractivity contribution < 1.29 is 38.2 Å². The molecule has 2 unspecified atom stereocenters. The maximum absolute atomic E-state index is 12.8. The van der Waals surface area contributed by atoms with Crippen molar-refractivity contribution in [3.8, 4) is 0 Å². The molecule has 0 rings (SSSR count). The highest BCUT2D eigenvalue weighted by atomic mass is 16.6. The minimum atomic E-state index is -1.13. The average Bonchev–Trinajstić information content (AvgIpc) is 3.27. The van der Waals surface area contributed by atoms with Gasteiger partial charge in [0.15, 0.2) is 6.10 Å². The van der Waals surface area contributed by atoms with Crippen LogP contribution in [-0.4, -0.2) is 75.5 Å². The zero-order valence-corrected chi connectivity index (χ0v) is 43.2. The zero-order valence-electron chi connectivity index (χ0n) is 43.2. The van der Waals surface area contributed by atoms with Crippen LogP contribution in [0.25, 0.3) is 0 Å². The Kier molecular flexibility index (Phi) is 45.8. The van der Waals surface area contributed by atoms with Crippen LogP contribution in [0.2, 0.25) is 0 Å². The molecule has 8 heteroatoms. The van der Waals surface area contributed by atoms with Crippen LogP contribution in [0.3, 0.4) is 0 Å². The maximum atomic E-state index is 12.8. The summed E-state index contributed by atoms with van der Waals surface area (Å²) in [6.45, 7) is 4.65. The van der Waals surface area contributed by atoms with Crippen LogP contribution in [0.15, 0.2) is 48.6 Å². The monoisotopic (exact) mass is 914 g/mol. The fourth-order valence-electron chi connectivity index (χ4n) is 8.00. The van der Waals surface area contributed by atoms with Crippen molar-refractivity contribution in [1.29, 1.82) is 0 Å². The third-order valence-corrected chi connectivity index (χ3v) is 12.2. The molecule has 0 aromatic rings. The SMILES string of the molecule is CCCCC/C=C/C/C=C/C/C=C/C/C=C/CCCCCCCC(=O)OC(COCCC(C(=O)[O-])[N+](C)(C)C)COC(=O)CCCCCCCCCCCCCCCCCCCCCC. The number of nitrogens with zero attached hydrogens (tertiary/aromatic N) is 1. The summed E-state index contributed by atoms with van der Waals surface area (Å²) in [5.41, 5.74) is 0. The number of carbonyl (C=O) groups excluding carboxylic acids is 3. The van der Waals surface area contributed by atoms with Gasteiger partial charge in [0, 0.05) is 19.3 Å². The van der Waals surface area contributed by atoms with Crippen molar-refractivity contribution in [2.75, 3.05) is 41.0 Å². The first-order chi connectivity index (χ1) is 31.6. The van der Waals surface area contributed by atoms with E-state index in [1.165, 1.54) is 135 Å². The van der Waals surface area contributed by atoms with Crippen LogP contribution in [-0.2, 0) is 28.6 Å². The van der Waals surface area contributed by atoms with Gasteiger partial charge >= 0.3 is 11.9 Å². The van der Waals surface area contributed by atoms with E-state index in [1.807, 2.05) is 0 Å². The van der Waals surface area contributed by atoms with E-state index >= 15 is 0 Å². The molecule has 8 nitrogen and oxygen atoms in total. The number of quaternary nitrogens is 1. The summed E-state index contributed by atoms with van der Waals surface area (Å²) >= 11 is 0. The molecule has 65 heavy (non-hydrogen) atoms. The second kappa shape index (κ2) is 47.8. The summed E-state index contributed by atoms with van der Waals surface area (Å²) in [6.07, 6.45) is 58.6. The Morgan fingerprint density at radius 3 is 1.23 bits per heavy atom. The molecule has 0 amide bonds. The molecule has 0 N–H and O–H groups in total. The molecular formula is C57H103NO7. The third-order valence-electron chi connectivity index (χ3n) is 12.2. The number of allylic oxidation sites excluding steroid dienone is 8. The lowest BCUT2D eigenvalue weighted by atomic mass is 10.0. The Labute approximate surface area is 401 Å². The minimum Gasteiger partial charge on any atom is -0.544 e. The van der Waals surface area contributed by atoms with Gasteiger partial charge in [-0.1, -0.05) is 217 Å². The van der Waals surface area contributed by atoms with Gasteiger partial charge in [-0.3, -0.25) is 9.59 Å². The van der Waals surface area contributed by atoms with Gasteiger partial charge in [-0.25, -0.2) is 0 Å². The lowest BCUT2D eigenvalue weighted by molar-refractivity contribution is -0.889. The first-order valence-corrected chi connectivity index (χ1v) is 27.2. The van der Waals surface area contributed by atoms with Crippen LogP contribution in [0.5, 0.6) is 0 Å². The Balaban J connectivity index is 4.24. The number of unbranched alkanes of at least 4 members (excludes halogenated alkanes) is 27. The fourth-order valence-corrected chi connectivity index (χ4v) is 8.00. The zero-order chi connectivity index (χ0) is 47.7. The minimum absolute atomic E-state index is 0.0344. The number of carboxylic acids is 1. The van der Waals surface area contributed by atoms with Gasteiger partial charge in [0.05, 0.1) is 40.3 Å². The largest absolute Gasteiger partial charge is 0.544 e. The Morgan fingerprint density at radius 2 is 0.815 bits per heavy atom. The molecule has 0 heterocycles. The van der Waals surface area contributed by atoms with Gasteiger partial charge in [-0.05, 0) is 57.8 Å². The van der Waals surface area contributed by atoms with Gasteiger partial charge in [-0.2, -0.15) is 0 Å². The molecule has 0 aromatic carbocycles. The van der Waals surface area contributed by atoms with Crippen LogP contribution >= 0.6 is 0 Å². The number of carbonyl (C=O) groups is 3. The number of hydrogen-bond donors (Lipinski definition) is 0. The van der Waals surface area contributed by atoms with E-state index in [-0.39, 0.29) is 42.7 Å². The van der Waals surface area contributed by atoms with Gasteiger partial charge in [0.2, 0.25) is 0 Å². The highest BCUT2D eigenvalue weighted by Crippen LogP contribution is 2.16. The second-order valence-electron chi connectivity index (χ2n) is 19.5. The predicted octanol–water partition coefficient (Wildman–Crippen LogP) is 14.6. The highest BCUT2D eigenvalue weighted by Gasteiger charge is 2.25.